The van der Waals surface area contributed by atoms with Gasteiger partial charge in [-0.1, -0.05) is 30.3 Å². The third-order valence-electron chi connectivity index (χ3n) is 4.20. The zero-order valence-corrected chi connectivity index (χ0v) is 20.3. The molecule has 3 rings (SSSR count). The number of hydrogen-bond donors (Lipinski definition) is 2. The Morgan fingerprint density at radius 3 is 2.50 bits per heavy atom. The van der Waals surface area contributed by atoms with Crippen molar-refractivity contribution in [3.8, 4) is 11.4 Å². The summed E-state index contributed by atoms with van der Waals surface area (Å²) in [4.78, 5) is 4.33. The molecule has 0 spiro atoms. The topological polar surface area (TPSA) is 63.5 Å². The zero-order valence-electron chi connectivity index (χ0n) is 17.9. The molecule has 0 aliphatic rings. The van der Waals surface area contributed by atoms with Crippen LogP contribution in [0.15, 0.2) is 72.0 Å². The number of guanidine groups is 1. The summed E-state index contributed by atoms with van der Waals surface area (Å²) >= 11 is 0. The molecule has 0 saturated heterocycles. The van der Waals surface area contributed by atoms with Gasteiger partial charge in [-0.25, -0.2) is 4.68 Å². The van der Waals surface area contributed by atoms with Crippen molar-refractivity contribution in [1.29, 1.82) is 0 Å². The molecule has 1 aromatic heterocycles. The van der Waals surface area contributed by atoms with E-state index in [1.165, 1.54) is 0 Å². The molecule has 0 unspecified atom stereocenters. The number of hydrogen-bond acceptors (Lipinski definition) is 3. The van der Waals surface area contributed by atoms with Gasteiger partial charge in [0.15, 0.2) is 5.96 Å². The van der Waals surface area contributed by atoms with Gasteiger partial charge >= 0.3 is 0 Å². The minimum atomic E-state index is -0.240. The van der Waals surface area contributed by atoms with Gasteiger partial charge in [0.2, 0.25) is 0 Å². The van der Waals surface area contributed by atoms with Gasteiger partial charge in [-0.15, -0.1) is 24.0 Å². The van der Waals surface area contributed by atoms with E-state index in [-0.39, 0.29) is 29.6 Å². The smallest absolute Gasteiger partial charge is 0.191 e. The molecule has 6 nitrogen and oxygen atoms in total. The fourth-order valence-electron chi connectivity index (χ4n) is 2.90. The highest BCUT2D eigenvalue weighted by atomic mass is 127. The molecule has 0 bridgehead atoms. The second kappa shape index (κ2) is 11.0. The Morgan fingerprint density at radius 2 is 1.80 bits per heavy atom. The van der Waals surface area contributed by atoms with E-state index < -0.39 is 0 Å². The van der Waals surface area contributed by atoms with Crippen molar-refractivity contribution in [1.82, 2.24) is 20.4 Å². The highest BCUT2D eigenvalue weighted by Gasteiger charge is 2.14. The summed E-state index contributed by atoms with van der Waals surface area (Å²) in [5, 5.41) is 11.0. The van der Waals surface area contributed by atoms with Gasteiger partial charge < -0.3 is 15.4 Å². The Hall–Kier alpha value is -2.55. The molecule has 1 heterocycles. The molecular weight excluding hydrogens is 489 g/mol. The number of ether oxygens (including phenoxy) is 1. The van der Waals surface area contributed by atoms with Crippen LogP contribution in [0.1, 0.15) is 31.9 Å². The lowest BCUT2D eigenvalue weighted by atomic mass is 10.1. The standard InChI is InChI=1S/C23H29N5O.HI/c1-23(2,3)29-21-12-6-5-10-19(21)17-26-22(24-4)25-16-18-9-7-11-20(15-18)28-14-8-13-27-28;/h5-15H,16-17H2,1-4H3,(H2,24,25,26);1H. The fourth-order valence-corrected chi connectivity index (χ4v) is 2.90. The van der Waals surface area contributed by atoms with Crippen molar-refractivity contribution >= 4 is 29.9 Å². The van der Waals surface area contributed by atoms with Gasteiger partial charge in [0.1, 0.15) is 11.4 Å². The highest BCUT2D eigenvalue weighted by molar-refractivity contribution is 14.0. The first-order valence-corrected chi connectivity index (χ1v) is 9.75. The average molecular weight is 519 g/mol. The third-order valence-corrected chi connectivity index (χ3v) is 4.20. The number of aliphatic imine (C=N–C) groups is 1. The Labute approximate surface area is 195 Å². The molecule has 0 amide bonds. The monoisotopic (exact) mass is 519 g/mol. The predicted molar refractivity (Wildman–Crippen MR) is 133 cm³/mol. The Balaban J connectivity index is 0.00000320. The van der Waals surface area contributed by atoms with Crippen LogP contribution in [0.5, 0.6) is 5.75 Å². The van der Waals surface area contributed by atoms with Crippen molar-refractivity contribution in [2.24, 2.45) is 4.99 Å². The average Bonchev–Trinajstić information content (AvgIpc) is 3.23. The fraction of sp³-hybridized carbons (Fsp3) is 0.304. The van der Waals surface area contributed by atoms with Crippen molar-refractivity contribution < 1.29 is 4.74 Å². The molecular formula is C23H30IN5O. The second-order valence-electron chi connectivity index (χ2n) is 7.72. The first-order valence-electron chi connectivity index (χ1n) is 9.75. The molecule has 0 aliphatic carbocycles. The SMILES string of the molecule is CN=C(NCc1cccc(-n2cccn2)c1)NCc1ccccc1OC(C)(C)C.I. The maximum absolute atomic E-state index is 6.07. The van der Waals surface area contributed by atoms with Crippen LogP contribution in [0.2, 0.25) is 0 Å². The predicted octanol–water partition coefficient (Wildman–Crippen LogP) is 4.53. The summed E-state index contributed by atoms with van der Waals surface area (Å²) in [7, 11) is 1.77. The van der Waals surface area contributed by atoms with E-state index in [1.807, 2.05) is 47.3 Å². The molecule has 0 fully saturated rings. The molecule has 3 aromatic rings. The summed E-state index contributed by atoms with van der Waals surface area (Å²) in [5.41, 5.74) is 3.03. The highest BCUT2D eigenvalue weighted by Crippen LogP contribution is 2.22. The van der Waals surface area contributed by atoms with Crippen molar-refractivity contribution in [2.75, 3.05) is 7.05 Å². The van der Waals surface area contributed by atoms with Crippen LogP contribution in [0, 0.1) is 0 Å². The molecule has 30 heavy (non-hydrogen) atoms. The van der Waals surface area contributed by atoms with Crippen LogP contribution in [0.4, 0.5) is 0 Å². The van der Waals surface area contributed by atoms with Gasteiger partial charge in [0, 0.05) is 38.1 Å². The molecule has 2 aromatic carbocycles. The van der Waals surface area contributed by atoms with E-state index in [9.17, 15) is 0 Å². The molecule has 0 aliphatic heterocycles. The van der Waals surface area contributed by atoms with Crippen molar-refractivity contribution in [2.45, 2.75) is 39.5 Å². The van der Waals surface area contributed by atoms with Crippen LogP contribution in [0.25, 0.3) is 5.69 Å². The van der Waals surface area contributed by atoms with Gasteiger partial charge in [0.05, 0.1) is 5.69 Å². The van der Waals surface area contributed by atoms with Crippen molar-refractivity contribution in [3.05, 3.63) is 78.1 Å². The summed E-state index contributed by atoms with van der Waals surface area (Å²) in [6.45, 7) is 7.44. The van der Waals surface area contributed by atoms with Gasteiger partial charge in [-0.2, -0.15) is 5.10 Å². The van der Waals surface area contributed by atoms with Crippen LogP contribution >= 0.6 is 24.0 Å². The summed E-state index contributed by atoms with van der Waals surface area (Å²) in [5.74, 6) is 1.62. The molecule has 0 saturated carbocycles. The lowest BCUT2D eigenvalue weighted by molar-refractivity contribution is 0.129. The Kier molecular flexibility index (Phi) is 8.71. The summed E-state index contributed by atoms with van der Waals surface area (Å²) in [6, 6.07) is 18.2. The summed E-state index contributed by atoms with van der Waals surface area (Å²) in [6.07, 6.45) is 3.71. The minimum Gasteiger partial charge on any atom is -0.488 e. The normalized spacial score (nSPS) is 11.5. The minimum absolute atomic E-state index is 0. The summed E-state index contributed by atoms with van der Waals surface area (Å²) < 4.78 is 7.92. The zero-order chi connectivity index (χ0) is 20.7. The van der Waals surface area contributed by atoms with Gasteiger partial charge in [-0.3, -0.25) is 4.99 Å². The maximum Gasteiger partial charge on any atom is 0.191 e. The number of aromatic nitrogens is 2. The van der Waals surface area contributed by atoms with Crippen LogP contribution in [-0.2, 0) is 13.1 Å². The molecule has 0 atom stereocenters. The quantitative estimate of drug-likeness (QED) is 0.286. The van der Waals surface area contributed by atoms with Crippen LogP contribution in [0.3, 0.4) is 0 Å². The second-order valence-corrected chi connectivity index (χ2v) is 7.72. The van der Waals surface area contributed by atoms with Crippen LogP contribution in [-0.4, -0.2) is 28.4 Å². The van der Waals surface area contributed by atoms with E-state index in [0.29, 0.717) is 13.1 Å². The number of para-hydroxylation sites is 1. The van der Waals surface area contributed by atoms with Crippen LogP contribution < -0.4 is 15.4 Å². The third kappa shape index (κ3) is 7.05. The molecule has 7 heteroatoms. The van der Waals surface area contributed by atoms with E-state index in [4.69, 9.17) is 4.74 Å². The molecule has 2 N–H and O–H groups in total. The largest absolute Gasteiger partial charge is 0.488 e. The van der Waals surface area contributed by atoms with E-state index in [2.05, 4.69) is 59.7 Å². The number of benzene rings is 2. The number of halogens is 1. The van der Waals surface area contributed by atoms with Gasteiger partial charge in [-0.05, 0) is 50.6 Å². The Morgan fingerprint density at radius 1 is 1.03 bits per heavy atom. The molecule has 160 valence electrons. The first-order chi connectivity index (χ1) is 13.9. The lowest BCUT2D eigenvalue weighted by Crippen LogP contribution is -2.36. The maximum atomic E-state index is 6.07. The number of nitrogens with one attached hydrogen (secondary N) is 2. The lowest BCUT2D eigenvalue weighted by Gasteiger charge is -2.23. The van der Waals surface area contributed by atoms with E-state index >= 15 is 0 Å². The van der Waals surface area contributed by atoms with Gasteiger partial charge in [0.25, 0.3) is 0 Å². The van der Waals surface area contributed by atoms with E-state index in [1.54, 1.807) is 13.2 Å². The number of nitrogens with zero attached hydrogens (tertiary/aromatic N) is 3. The van der Waals surface area contributed by atoms with E-state index in [0.717, 1.165) is 28.5 Å². The first kappa shape index (κ1) is 23.7. The molecule has 0 radical (unpaired) electrons. The Bertz CT molecular complexity index is 948. The number of rotatable bonds is 6. The van der Waals surface area contributed by atoms with Crippen molar-refractivity contribution in [3.63, 3.8) is 0 Å².